The second-order valence-corrected chi connectivity index (χ2v) is 5.42. The number of nitrogens with zero attached hydrogens (tertiary/aromatic N) is 5. The number of hydrogen-bond donors (Lipinski definition) is 0. The summed E-state index contributed by atoms with van der Waals surface area (Å²) in [5.41, 5.74) is 2.09. The quantitative estimate of drug-likeness (QED) is 0.859. The van der Waals surface area contributed by atoms with Gasteiger partial charge in [0.15, 0.2) is 5.82 Å². The Morgan fingerprint density at radius 3 is 2.75 bits per heavy atom. The third-order valence-electron chi connectivity index (χ3n) is 3.98. The highest BCUT2D eigenvalue weighted by molar-refractivity contribution is 5.29. The van der Waals surface area contributed by atoms with Crippen molar-refractivity contribution in [3.63, 3.8) is 0 Å². The van der Waals surface area contributed by atoms with Crippen LogP contribution in [-0.2, 0) is 26.6 Å². The van der Waals surface area contributed by atoms with Crippen molar-refractivity contribution in [2.24, 2.45) is 7.05 Å². The van der Waals surface area contributed by atoms with Gasteiger partial charge >= 0.3 is 0 Å². The van der Waals surface area contributed by atoms with Crippen molar-refractivity contribution in [1.82, 2.24) is 24.5 Å². The molecule has 0 saturated carbocycles. The maximum absolute atomic E-state index is 5.92. The molecule has 2 aromatic rings. The molecule has 0 bridgehead atoms. The molecule has 3 heterocycles. The van der Waals surface area contributed by atoms with E-state index in [1.165, 1.54) is 19.3 Å². The van der Waals surface area contributed by atoms with E-state index >= 15 is 0 Å². The first-order valence-corrected chi connectivity index (χ1v) is 7.20. The number of hydrogen-bond acceptors (Lipinski definition) is 4. The Morgan fingerprint density at radius 2 is 2.00 bits per heavy atom. The van der Waals surface area contributed by atoms with E-state index in [-0.39, 0.29) is 0 Å². The van der Waals surface area contributed by atoms with Crippen molar-refractivity contribution in [3.8, 4) is 5.88 Å². The van der Waals surface area contributed by atoms with Gasteiger partial charge in [0, 0.05) is 25.6 Å². The van der Waals surface area contributed by atoms with Crippen molar-refractivity contribution in [2.45, 2.75) is 52.7 Å². The Hall–Kier alpha value is -1.85. The maximum Gasteiger partial charge on any atom is 0.215 e. The van der Waals surface area contributed by atoms with Crippen molar-refractivity contribution in [2.75, 3.05) is 0 Å². The van der Waals surface area contributed by atoms with E-state index < -0.39 is 0 Å². The van der Waals surface area contributed by atoms with E-state index in [1.54, 1.807) is 4.68 Å². The molecule has 0 amide bonds. The van der Waals surface area contributed by atoms with E-state index in [9.17, 15) is 0 Å². The number of aromatic nitrogens is 5. The molecule has 0 radical (unpaired) electrons. The van der Waals surface area contributed by atoms with Gasteiger partial charge in [0.05, 0.1) is 5.69 Å². The van der Waals surface area contributed by atoms with Gasteiger partial charge in [0.25, 0.3) is 0 Å². The topological polar surface area (TPSA) is 57.8 Å². The summed E-state index contributed by atoms with van der Waals surface area (Å²) in [5, 5.41) is 12.9. The lowest BCUT2D eigenvalue weighted by molar-refractivity contribution is 0.262. The zero-order chi connectivity index (χ0) is 14.1. The minimum Gasteiger partial charge on any atom is -0.469 e. The molecule has 0 fully saturated rings. The lowest BCUT2D eigenvalue weighted by Gasteiger charge is -2.09. The molecular weight excluding hydrogens is 254 g/mol. The van der Waals surface area contributed by atoms with Gasteiger partial charge in [0.1, 0.15) is 12.4 Å². The molecule has 0 N–H and O–H groups in total. The Balaban J connectivity index is 1.77. The molecule has 0 unspecified atom stereocenters. The third kappa shape index (κ3) is 2.30. The van der Waals surface area contributed by atoms with E-state index in [4.69, 9.17) is 4.74 Å². The van der Waals surface area contributed by atoms with Crippen LogP contribution in [0.5, 0.6) is 5.88 Å². The van der Waals surface area contributed by atoms with Crippen molar-refractivity contribution in [1.29, 1.82) is 0 Å². The summed E-state index contributed by atoms with van der Waals surface area (Å²) in [6, 6.07) is 0. The number of fused-ring (bicyclic) bond motifs is 1. The number of ether oxygens (including phenoxy) is 1. The van der Waals surface area contributed by atoms with Gasteiger partial charge in [-0.15, -0.1) is 10.2 Å². The van der Waals surface area contributed by atoms with Gasteiger partial charge in [-0.2, -0.15) is 5.10 Å². The first-order chi connectivity index (χ1) is 9.66. The highest BCUT2D eigenvalue weighted by Crippen LogP contribution is 2.21. The molecule has 6 nitrogen and oxygen atoms in total. The minimum absolute atomic E-state index is 0.451. The van der Waals surface area contributed by atoms with E-state index in [1.807, 2.05) is 20.9 Å². The Bertz CT molecular complexity index is 613. The summed E-state index contributed by atoms with van der Waals surface area (Å²) >= 11 is 0. The molecule has 3 rings (SSSR count). The van der Waals surface area contributed by atoms with Gasteiger partial charge in [-0.05, 0) is 26.7 Å². The summed E-state index contributed by atoms with van der Waals surface area (Å²) in [6.45, 7) is 5.48. The normalized spacial score (nSPS) is 14.9. The summed E-state index contributed by atoms with van der Waals surface area (Å²) < 4.78 is 9.91. The van der Waals surface area contributed by atoms with Gasteiger partial charge in [-0.3, -0.25) is 0 Å². The van der Waals surface area contributed by atoms with Crippen LogP contribution in [-0.4, -0.2) is 24.5 Å². The van der Waals surface area contributed by atoms with Crippen molar-refractivity contribution >= 4 is 0 Å². The zero-order valence-electron chi connectivity index (χ0n) is 12.4. The lowest BCUT2D eigenvalue weighted by atomic mass is 10.2. The summed E-state index contributed by atoms with van der Waals surface area (Å²) in [4.78, 5) is 0. The first kappa shape index (κ1) is 13.1. The maximum atomic E-state index is 5.92. The Kier molecular flexibility index (Phi) is 3.46. The first-order valence-electron chi connectivity index (χ1n) is 7.20. The average molecular weight is 275 g/mol. The molecule has 2 aromatic heterocycles. The van der Waals surface area contributed by atoms with Crippen molar-refractivity contribution in [3.05, 3.63) is 22.9 Å². The van der Waals surface area contributed by atoms with Crippen LogP contribution >= 0.6 is 0 Å². The van der Waals surface area contributed by atoms with E-state index in [2.05, 4.69) is 19.9 Å². The van der Waals surface area contributed by atoms with Crippen molar-refractivity contribution < 1.29 is 4.74 Å². The lowest BCUT2D eigenvalue weighted by Crippen LogP contribution is -2.10. The van der Waals surface area contributed by atoms with Crippen LogP contribution in [0.2, 0.25) is 0 Å². The predicted molar refractivity (Wildman–Crippen MR) is 74.6 cm³/mol. The molecule has 6 heteroatoms. The molecule has 20 heavy (non-hydrogen) atoms. The fraction of sp³-hybridized carbons (Fsp3) is 0.643. The van der Waals surface area contributed by atoms with Crippen LogP contribution in [0.15, 0.2) is 0 Å². The highest BCUT2D eigenvalue weighted by Gasteiger charge is 2.16. The summed E-state index contributed by atoms with van der Waals surface area (Å²) in [6.07, 6.45) is 4.70. The highest BCUT2D eigenvalue weighted by atomic mass is 16.5. The number of aryl methyl sites for hydroxylation is 3. The predicted octanol–water partition coefficient (Wildman–Crippen LogP) is 1.93. The van der Waals surface area contributed by atoms with Crippen LogP contribution in [0.1, 0.15) is 42.2 Å². The standard InChI is InChI=1S/C14H21N5O/c1-10-11(2)17-18(3)14(10)20-9-13-16-15-12-7-5-4-6-8-19(12)13/h4-9H2,1-3H3. The molecule has 1 aliphatic rings. The molecule has 0 saturated heterocycles. The zero-order valence-corrected chi connectivity index (χ0v) is 12.4. The molecule has 0 spiro atoms. The van der Waals surface area contributed by atoms with E-state index in [0.717, 1.165) is 41.8 Å². The van der Waals surface area contributed by atoms with Crippen LogP contribution in [0, 0.1) is 13.8 Å². The average Bonchev–Trinajstić information content (AvgIpc) is 2.80. The van der Waals surface area contributed by atoms with Gasteiger partial charge in [-0.1, -0.05) is 6.42 Å². The molecule has 0 aromatic carbocycles. The van der Waals surface area contributed by atoms with Crippen LogP contribution in [0.4, 0.5) is 0 Å². The van der Waals surface area contributed by atoms with Gasteiger partial charge < -0.3 is 9.30 Å². The van der Waals surface area contributed by atoms with Crippen LogP contribution < -0.4 is 4.74 Å². The SMILES string of the molecule is Cc1nn(C)c(OCc2nnc3n2CCCCC3)c1C. The Morgan fingerprint density at radius 1 is 1.15 bits per heavy atom. The van der Waals surface area contributed by atoms with Gasteiger partial charge in [-0.25, -0.2) is 4.68 Å². The third-order valence-corrected chi connectivity index (χ3v) is 3.98. The second-order valence-electron chi connectivity index (χ2n) is 5.42. The largest absolute Gasteiger partial charge is 0.469 e. The van der Waals surface area contributed by atoms with Gasteiger partial charge in [0.2, 0.25) is 5.88 Å². The second kappa shape index (κ2) is 5.26. The Labute approximate surface area is 118 Å². The molecule has 0 aliphatic carbocycles. The molecular formula is C14H21N5O. The van der Waals surface area contributed by atoms with Crippen LogP contribution in [0.25, 0.3) is 0 Å². The van der Waals surface area contributed by atoms with Crippen LogP contribution in [0.3, 0.4) is 0 Å². The smallest absolute Gasteiger partial charge is 0.215 e. The molecule has 1 aliphatic heterocycles. The monoisotopic (exact) mass is 275 g/mol. The van der Waals surface area contributed by atoms with E-state index in [0.29, 0.717) is 6.61 Å². The summed E-state index contributed by atoms with van der Waals surface area (Å²) in [7, 11) is 1.90. The summed E-state index contributed by atoms with van der Waals surface area (Å²) in [5.74, 6) is 2.83. The number of rotatable bonds is 3. The fourth-order valence-electron chi connectivity index (χ4n) is 2.73. The fourth-order valence-corrected chi connectivity index (χ4v) is 2.73. The molecule has 108 valence electrons. The minimum atomic E-state index is 0.451. The molecule has 0 atom stereocenters.